The van der Waals surface area contributed by atoms with Crippen LogP contribution in [0.3, 0.4) is 0 Å². The fraction of sp³-hybridized carbons (Fsp3) is 0.231. The van der Waals surface area contributed by atoms with E-state index in [1.54, 1.807) is 19.9 Å². The van der Waals surface area contributed by atoms with Crippen molar-refractivity contribution in [3.8, 4) is 0 Å². The summed E-state index contributed by atoms with van der Waals surface area (Å²) < 4.78 is 26.7. The number of carbonyl (C=O) groups is 1. The van der Waals surface area contributed by atoms with Gasteiger partial charge in [0.2, 0.25) is 0 Å². The highest BCUT2D eigenvalue weighted by molar-refractivity contribution is 7.92. The van der Waals surface area contributed by atoms with Crippen molar-refractivity contribution >= 4 is 21.8 Å². The second kappa shape index (κ2) is 5.57. The Bertz CT molecular complexity index is 803. The molecule has 1 N–H and O–H groups in total. The maximum atomic E-state index is 12.2. The summed E-state index contributed by atoms with van der Waals surface area (Å²) in [6, 6.07) is 5.75. The number of hydrogen-bond donors (Lipinski definition) is 1. The largest absolute Gasteiger partial charge is 0.295 e. The second-order valence-corrected chi connectivity index (χ2v) is 6.18. The number of Topliss-reactive ketones (excluding diaryl/α,β-unsaturated/α-hetero) is 1. The van der Waals surface area contributed by atoms with Gasteiger partial charge in [0, 0.05) is 5.56 Å². The van der Waals surface area contributed by atoms with Crippen molar-refractivity contribution in [2.45, 2.75) is 25.7 Å². The normalized spacial score (nSPS) is 11.2. The molecule has 110 valence electrons. The van der Waals surface area contributed by atoms with Gasteiger partial charge in [0.1, 0.15) is 0 Å². The van der Waals surface area contributed by atoms with Crippen molar-refractivity contribution in [3.63, 3.8) is 0 Å². The molecule has 0 radical (unpaired) electrons. The van der Waals surface area contributed by atoms with E-state index in [1.807, 2.05) is 0 Å². The lowest BCUT2D eigenvalue weighted by Gasteiger charge is -2.08. The monoisotopic (exact) mass is 306 g/mol. The third-order valence-electron chi connectivity index (χ3n) is 2.87. The van der Waals surface area contributed by atoms with Crippen LogP contribution in [-0.2, 0) is 10.0 Å². The smallest absolute Gasteiger partial charge is 0.264 e. The van der Waals surface area contributed by atoms with Gasteiger partial charge in [0.05, 0.1) is 16.3 Å². The van der Waals surface area contributed by atoms with Gasteiger partial charge < -0.3 is 0 Å². The van der Waals surface area contributed by atoms with E-state index < -0.39 is 10.0 Å². The third-order valence-corrected chi connectivity index (χ3v) is 4.19. The minimum Gasteiger partial charge on any atom is -0.295 e. The number of rotatable bonds is 4. The Kier molecular flexibility index (Phi) is 3.99. The van der Waals surface area contributed by atoms with Crippen molar-refractivity contribution in [1.82, 2.24) is 15.2 Å². The van der Waals surface area contributed by atoms with Crippen molar-refractivity contribution < 1.29 is 13.2 Å². The molecule has 0 bridgehead atoms. The molecule has 0 spiro atoms. The van der Waals surface area contributed by atoms with Crippen LogP contribution in [0, 0.1) is 13.8 Å². The molecule has 21 heavy (non-hydrogen) atoms. The Labute approximate surface area is 122 Å². The maximum Gasteiger partial charge on any atom is 0.264 e. The third kappa shape index (κ3) is 3.40. The summed E-state index contributed by atoms with van der Waals surface area (Å²) in [6.45, 7) is 4.80. The van der Waals surface area contributed by atoms with E-state index in [-0.39, 0.29) is 16.6 Å². The number of hydrogen-bond acceptors (Lipinski definition) is 6. The fourth-order valence-corrected chi connectivity index (χ4v) is 2.55. The highest BCUT2D eigenvalue weighted by Gasteiger charge is 2.17. The lowest BCUT2D eigenvalue weighted by atomic mass is 10.2. The Hall–Kier alpha value is -2.35. The molecule has 0 aliphatic carbocycles. The van der Waals surface area contributed by atoms with Crippen LogP contribution in [-0.4, -0.2) is 29.4 Å². The molecule has 0 aliphatic rings. The fourth-order valence-electron chi connectivity index (χ4n) is 1.56. The van der Waals surface area contributed by atoms with Gasteiger partial charge in [0.25, 0.3) is 16.0 Å². The first-order valence-electron chi connectivity index (χ1n) is 6.11. The molecule has 1 aromatic carbocycles. The van der Waals surface area contributed by atoms with Gasteiger partial charge >= 0.3 is 0 Å². The van der Waals surface area contributed by atoms with Crippen molar-refractivity contribution in [3.05, 3.63) is 41.2 Å². The molecule has 0 fully saturated rings. The van der Waals surface area contributed by atoms with E-state index in [1.165, 1.54) is 25.1 Å². The van der Waals surface area contributed by atoms with Crippen LogP contribution in [0.5, 0.6) is 0 Å². The second-order valence-electron chi connectivity index (χ2n) is 4.50. The zero-order valence-electron chi connectivity index (χ0n) is 11.8. The molecule has 0 atom stereocenters. The lowest BCUT2D eigenvalue weighted by Crippen LogP contribution is -2.16. The van der Waals surface area contributed by atoms with Crippen LogP contribution in [0.25, 0.3) is 0 Å². The number of anilines is 1. The van der Waals surface area contributed by atoms with E-state index in [4.69, 9.17) is 0 Å². The summed E-state index contributed by atoms with van der Waals surface area (Å²) in [5.41, 5.74) is 1.52. The first-order valence-corrected chi connectivity index (χ1v) is 7.59. The summed E-state index contributed by atoms with van der Waals surface area (Å²) in [7, 11) is -3.87. The Morgan fingerprint density at radius 1 is 1.14 bits per heavy atom. The highest BCUT2D eigenvalue weighted by Crippen LogP contribution is 2.15. The molecule has 0 saturated heterocycles. The Morgan fingerprint density at radius 3 is 2.48 bits per heavy atom. The quantitative estimate of drug-likeness (QED) is 0.859. The lowest BCUT2D eigenvalue weighted by molar-refractivity contribution is 0.101. The van der Waals surface area contributed by atoms with Crippen LogP contribution in [0.1, 0.15) is 28.7 Å². The molecule has 7 nitrogen and oxygen atoms in total. The van der Waals surface area contributed by atoms with Crippen molar-refractivity contribution in [2.75, 3.05) is 4.72 Å². The number of nitrogens with zero attached hydrogens (tertiary/aromatic N) is 3. The van der Waals surface area contributed by atoms with Gasteiger partial charge in [-0.1, -0.05) is 12.1 Å². The summed E-state index contributed by atoms with van der Waals surface area (Å²) in [5, 5.41) is 7.50. The van der Waals surface area contributed by atoms with Crippen molar-refractivity contribution in [2.24, 2.45) is 0 Å². The number of benzene rings is 1. The van der Waals surface area contributed by atoms with Crippen molar-refractivity contribution in [1.29, 1.82) is 0 Å². The highest BCUT2D eigenvalue weighted by atomic mass is 32.2. The van der Waals surface area contributed by atoms with Gasteiger partial charge in [-0.2, -0.15) is 5.10 Å². The molecule has 1 aromatic heterocycles. The average molecular weight is 306 g/mol. The van der Waals surface area contributed by atoms with E-state index >= 15 is 0 Å². The van der Waals surface area contributed by atoms with Crippen LogP contribution < -0.4 is 4.72 Å². The molecule has 0 aliphatic heterocycles. The molecule has 1 heterocycles. The summed E-state index contributed by atoms with van der Waals surface area (Å²) >= 11 is 0. The SMILES string of the molecule is CC(=O)c1cccc(S(=O)(=O)Nc2nnc(C)c(C)n2)c1. The van der Waals surface area contributed by atoms with Crippen LogP contribution >= 0.6 is 0 Å². The summed E-state index contributed by atoms with van der Waals surface area (Å²) in [6.07, 6.45) is 0. The number of ketones is 1. The molecule has 8 heteroatoms. The standard InChI is InChI=1S/C13H14N4O3S/c1-8-9(2)15-16-13(14-8)17-21(19,20)12-6-4-5-11(7-12)10(3)18/h4-7H,1-3H3,(H,14,16,17). The van der Waals surface area contributed by atoms with Gasteiger partial charge in [-0.3, -0.25) is 4.79 Å². The molecule has 0 amide bonds. The number of nitrogens with one attached hydrogen (secondary N) is 1. The molecular formula is C13H14N4O3S. The Morgan fingerprint density at radius 2 is 1.86 bits per heavy atom. The predicted molar refractivity (Wildman–Crippen MR) is 76.6 cm³/mol. The average Bonchev–Trinajstić information content (AvgIpc) is 2.43. The summed E-state index contributed by atoms with van der Waals surface area (Å²) in [4.78, 5) is 15.3. The Balaban J connectivity index is 2.36. The van der Waals surface area contributed by atoms with Gasteiger partial charge in [-0.15, -0.1) is 5.10 Å². The minimum atomic E-state index is -3.87. The van der Waals surface area contributed by atoms with Crippen LogP contribution in [0.15, 0.2) is 29.2 Å². The molecule has 2 rings (SSSR count). The van der Waals surface area contributed by atoms with Gasteiger partial charge in [0.15, 0.2) is 5.78 Å². The number of aryl methyl sites for hydroxylation is 2. The van der Waals surface area contributed by atoms with Gasteiger partial charge in [-0.05, 0) is 32.9 Å². The molecule has 0 saturated carbocycles. The van der Waals surface area contributed by atoms with E-state index in [0.717, 1.165) is 0 Å². The van der Waals surface area contributed by atoms with Crippen LogP contribution in [0.2, 0.25) is 0 Å². The number of carbonyl (C=O) groups excluding carboxylic acids is 1. The molecule has 0 unspecified atom stereocenters. The first kappa shape index (κ1) is 15.0. The zero-order chi connectivity index (χ0) is 15.6. The topological polar surface area (TPSA) is 102 Å². The minimum absolute atomic E-state index is 0.0305. The van der Waals surface area contributed by atoms with E-state index in [2.05, 4.69) is 19.9 Å². The van der Waals surface area contributed by atoms with Crippen LogP contribution in [0.4, 0.5) is 5.95 Å². The summed E-state index contributed by atoms with van der Waals surface area (Å²) in [5.74, 6) is -0.317. The molecular weight excluding hydrogens is 292 g/mol. The first-order chi connectivity index (χ1) is 9.79. The van der Waals surface area contributed by atoms with E-state index in [0.29, 0.717) is 17.0 Å². The number of sulfonamides is 1. The predicted octanol–water partition coefficient (Wildman–Crippen LogP) is 1.49. The maximum absolute atomic E-state index is 12.2. The van der Waals surface area contributed by atoms with E-state index in [9.17, 15) is 13.2 Å². The molecule has 2 aromatic rings. The van der Waals surface area contributed by atoms with Gasteiger partial charge in [-0.25, -0.2) is 18.1 Å². The number of aromatic nitrogens is 3. The zero-order valence-corrected chi connectivity index (χ0v) is 12.6.